The minimum atomic E-state index is -0.489. The highest BCUT2D eigenvalue weighted by atomic mass is 16.6. The van der Waals surface area contributed by atoms with E-state index in [0.717, 1.165) is 0 Å². The van der Waals surface area contributed by atoms with Gasteiger partial charge in [0.15, 0.2) is 23.0 Å². The molecule has 0 radical (unpaired) electrons. The van der Waals surface area contributed by atoms with Gasteiger partial charge in [0, 0.05) is 31.4 Å². The van der Waals surface area contributed by atoms with E-state index in [2.05, 4.69) is 4.90 Å². The van der Waals surface area contributed by atoms with Crippen molar-refractivity contribution in [1.29, 1.82) is 0 Å². The zero-order chi connectivity index (χ0) is 29.7. The van der Waals surface area contributed by atoms with Crippen molar-refractivity contribution < 1.29 is 47.5 Å². The number of piperidine rings is 1. The monoisotopic (exact) mass is 571 g/mol. The number of ether oxygens (including phenoxy) is 8. The summed E-state index contributed by atoms with van der Waals surface area (Å²) in [6.07, 6.45) is 4.20. The van der Waals surface area contributed by atoms with Gasteiger partial charge in [0.25, 0.3) is 0 Å². The summed E-state index contributed by atoms with van der Waals surface area (Å²) in [4.78, 5) is 28.0. The fourth-order valence-corrected chi connectivity index (χ4v) is 5.57. The van der Waals surface area contributed by atoms with Crippen molar-refractivity contribution in [3.05, 3.63) is 41.5 Å². The average Bonchev–Trinajstić information content (AvgIpc) is 3.14. The van der Waals surface area contributed by atoms with E-state index < -0.39 is 11.9 Å². The molecule has 222 valence electrons. The molecule has 4 rings (SSSR count). The molecule has 11 nitrogen and oxygen atoms in total. The topological polar surface area (TPSA) is 111 Å². The van der Waals surface area contributed by atoms with E-state index in [1.54, 1.807) is 30.3 Å². The second kappa shape index (κ2) is 13.0. The smallest absolute Gasteiger partial charge is 0.338 e. The number of likely N-dealkylation sites (N-methyl/N-ethyl adjacent to an activating group) is 1. The summed E-state index contributed by atoms with van der Waals surface area (Å²) < 4.78 is 43.9. The van der Waals surface area contributed by atoms with Crippen LogP contribution in [0.2, 0.25) is 0 Å². The van der Waals surface area contributed by atoms with Crippen LogP contribution in [0.3, 0.4) is 0 Å². The van der Waals surface area contributed by atoms with Gasteiger partial charge in [-0.05, 0) is 43.0 Å². The Labute approximate surface area is 239 Å². The van der Waals surface area contributed by atoms with E-state index in [4.69, 9.17) is 37.9 Å². The average molecular weight is 572 g/mol. The van der Waals surface area contributed by atoms with Crippen LogP contribution in [0.15, 0.2) is 30.3 Å². The van der Waals surface area contributed by atoms with Crippen LogP contribution in [0, 0.1) is 0 Å². The lowest BCUT2D eigenvalue weighted by Gasteiger charge is -2.36. The van der Waals surface area contributed by atoms with E-state index in [1.165, 1.54) is 48.7 Å². The molecule has 0 spiro atoms. The first-order valence-electron chi connectivity index (χ1n) is 13.2. The Bertz CT molecular complexity index is 1240. The predicted molar refractivity (Wildman–Crippen MR) is 150 cm³/mol. The van der Waals surface area contributed by atoms with Gasteiger partial charge >= 0.3 is 11.9 Å². The molecule has 2 bridgehead atoms. The predicted octanol–water partition coefficient (Wildman–Crippen LogP) is 3.76. The van der Waals surface area contributed by atoms with Crippen molar-refractivity contribution in [2.24, 2.45) is 0 Å². The lowest BCUT2D eigenvalue weighted by Crippen LogP contribution is -2.46. The Morgan fingerprint density at radius 1 is 0.732 bits per heavy atom. The van der Waals surface area contributed by atoms with Gasteiger partial charge in [-0.15, -0.1) is 0 Å². The van der Waals surface area contributed by atoms with E-state index >= 15 is 0 Å². The molecule has 11 heteroatoms. The van der Waals surface area contributed by atoms with Gasteiger partial charge < -0.3 is 37.9 Å². The molecule has 2 aromatic carbocycles. The number of rotatable bonds is 11. The lowest BCUT2D eigenvalue weighted by atomic mass is 10.00. The number of carbonyl (C=O) groups is 2. The Kier molecular flexibility index (Phi) is 9.49. The number of hydrogen-bond donors (Lipinski definition) is 0. The standard InChI is InChI=1S/C30H37NO10/c1-31-19-14-20(40-27(32)9-8-17-10-23(34-2)28(38-6)24(11-17)35-3)16-21(31)22(15-19)41-30(33)18-12-25(36-4)29(39-7)26(13-18)37-5/h8-13,19-22H,14-16H2,1-7H3/t19-,20-,21+,22-/m0/s1. The summed E-state index contributed by atoms with van der Waals surface area (Å²) in [6.45, 7) is 0. The highest BCUT2D eigenvalue weighted by molar-refractivity contribution is 5.91. The number of hydrogen-bond acceptors (Lipinski definition) is 11. The van der Waals surface area contributed by atoms with Gasteiger partial charge in [-0.1, -0.05) is 0 Å². The minimum absolute atomic E-state index is 0.0865. The molecule has 0 N–H and O–H groups in total. The van der Waals surface area contributed by atoms with Crippen LogP contribution in [-0.2, 0) is 14.3 Å². The normalized spacial score (nSPS) is 21.7. The molecule has 2 aliphatic heterocycles. The lowest BCUT2D eigenvalue weighted by molar-refractivity contribution is -0.146. The molecule has 2 aromatic rings. The first-order valence-corrected chi connectivity index (χ1v) is 13.2. The maximum Gasteiger partial charge on any atom is 0.338 e. The summed E-state index contributed by atoms with van der Waals surface area (Å²) in [6, 6.07) is 6.65. The van der Waals surface area contributed by atoms with Gasteiger partial charge in [0.1, 0.15) is 12.2 Å². The third-order valence-corrected chi connectivity index (χ3v) is 7.61. The molecule has 0 saturated carbocycles. The summed E-state index contributed by atoms with van der Waals surface area (Å²) in [5.41, 5.74) is 0.988. The van der Waals surface area contributed by atoms with Crippen molar-refractivity contribution in [1.82, 2.24) is 4.90 Å². The second-order valence-electron chi connectivity index (χ2n) is 9.80. The van der Waals surface area contributed by atoms with Gasteiger partial charge in [-0.25, -0.2) is 9.59 Å². The molecule has 2 aliphatic rings. The molecule has 4 atom stereocenters. The first-order chi connectivity index (χ1) is 19.8. The molecular weight excluding hydrogens is 534 g/mol. The molecule has 0 unspecified atom stereocenters. The maximum absolute atomic E-state index is 13.1. The van der Waals surface area contributed by atoms with Crippen LogP contribution in [0.5, 0.6) is 34.5 Å². The number of esters is 2. The number of nitrogens with zero attached hydrogens (tertiary/aromatic N) is 1. The van der Waals surface area contributed by atoms with E-state index in [9.17, 15) is 9.59 Å². The van der Waals surface area contributed by atoms with Crippen LogP contribution in [-0.4, -0.2) is 90.8 Å². The molecule has 0 aliphatic carbocycles. The SMILES string of the molecule is COc1cc(C=CC(=O)O[C@H]2C[C@H]3C[C@H](OC(=O)c4cc(OC)c(OC)c(OC)c4)[C@@H](C2)N3C)cc(OC)c1OC. The van der Waals surface area contributed by atoms with Crippen LogP contribution in [0.25, 0.3) is 6.08 Å². The van der Waals surface area contributed by atoms with Crippen LogP contribution < -0.4 is 28.4 Å². The zero-order valence-corrected chi connectivity index (χ0v) is 24.4. The zero-order valence-electron chi connectivity index (χ0n) is 24.4. The van der Waals surface area contributed by atoms with Crippen molar-refractivity contribution in [3.63, 3.8) is 0 Å². The number of benzene rings is 2. The molecule has 2 saturated heterocycles. The van der Waals surface area contributed by atoms with Crippen molar-refractivity contribution in [2.45, 2.75) is 43.6 Å². The van der Waals surface area contributed by atoms with Crippen LogP contribution in [0.4, 0.5) is 0 Å². The fraction of sp³-hybridized carbons (Fsp3) is 0.467. The van der Waals surface area contributed by atoms with E-state index in [0.29, 0.717) is 64.9 Å². The van der Waals surface area contributed by atoms with Crippen molar-refractivity contribution in [2.75, 3.05) is 49.7 Å². The van der Waals surface area contributed by atoms with E-state index in [-0.39, 0.29) is 24.3 Å². The summed E-state index contributed by atoms with van der Waals surface area (Å²) in [5, 5.41) is 0. The van der Waals surface area contributed by atoms with Crippen LogP contribution in [0.1, 0.15) is 35.2 Å². The van der Waals surface area contributed by atoms with Gasteiger partial charge in [-0.3, -0.25) is 4.90 Å². The Balaban J connectivity index is 1.40. The quantitative estimate of drug-likeness (QED) is 0.290. The molecule has 2 fully saturated rings. The highest BCUT2D eigenvalue weighted by Crippen LogP contribution is 2.41. The van der Waals surface area contributed by atoms with Crippen molar-refractivity contribution >= 4 is 18.0 Å². The third kappa shape index (κ3) is 6.30. The second-order valence-corrected chi connectivity index (χ2v) is 9.80. The fourth-order valence-electron chi connectivity index (χ4n) is 5.57. The number of methoxy groups -OCH3 is 6. The Morgan fingerprint density at radius 3 is 1.78 bits per heavy atom. The summed E-state index contributed by atoms with van der Waals surface area (Å²) in [7, 11) is 11.1. The van der Waals surface area contributed by atoms with Crippen molar-refractivity contribution in [3.8, 4) is 34.5 Å². The van der Waals surface area contributed by atoms with Gasteiger partial charge in [0.05, 0.1) is 54.3 Å². The Hall–Kier alpha value is -4.12. The summed E-state index contributed by atoms with van der Waals surface area (Å²) in [5.74, 6) is 1.62. The molecular formula is C30H37NO10. The molecule has 41 heavy (non-hydrogen) atoms. The molecule has 0 amide bonds. The van der Waals surface area contributed by atoms with Gasteiger partial charge in [0.2, 0.25) is 11.5 Å². The van der Waals surface area contributed by atoms with E-state index in [1.807, 2.05) is 7.05 Å². The summed E-state index contributed by atoms with van der Waals surface area (Å²) >= 11 is 0. The molecule has 0 aromatic heterocycles. The number of carbonyl (C=O) groups excluding carboxylic acids is 2. The minimum Gasteiger partial charge on any atom is -0.493 e. The number of fused-ring (bicyclic) bond motifs is 2. The highest BCUT2D eigenvalue weighted by Gasteiger charge is 2.47. The Morgan fingerprint density at radius 2 is 1.27 bits per heavy atom. The largest absolute Gasteiger partial charge is 0.493 e. The first kappa shape index (κ1) is 29.9. The van der Waals surface area contributed by atoms with Crippen LogP contribution >= 0.6 is 0 Å². The third-order valence-electron chi connectivity index (χ3n) is 7.61. The molecule has 2 heterocycles. The van der Waals surface area contributed by atoms with Gasteiger partial charge in [-0.2, -0.15) is 0 Å². The maximum atomic E-state index is 13.1.